The van der Waals surface area contributed by atoms with Crippen LogP contribution in [0.5, 0.6) is 5.88 Å². The van der Waals surface area contributed by atoms with E-state index in [2.05, 4.69) is 10.4 Å². The number of ether oxygens (including phenoxy) is 2. The van der Waals surface area contributed by atoms with E-state index in [1.165, 1.54) is 20.5 Å². The van der Waals surface area contributed by atoms with Gasteiger partial charge in [-0.1, -0.05) is 39.0 Å². The minimum absolute atomic E-state index is 0.0896. The first-order chi connectivity index (χ1) is 20.6. The number of carbonyl (C=O) groups is 5. The number of carbonyl (C=O) groups excluding carboxylic acids is 5. The molecule has 0 saturated carbocycles. The number of amides is 4. The summed E-state index contributed by atoms with van der Waals surface area (Å²) < 4.78 is 37.1. The summed E-state index contributed by atoms with van der Waals surface area (Å²) >= 11 is 0. The second-order valence-corrected chi connectivity index (χ2v) is 12.9. The minimum Gasteiger partial charge on any atom is -0.470 e. The number of Topliss-reactive ketones (excluding diaryl/α,β-unsaturated/α-hetero) is 1. The number of piperazine rings is 1. The summed E-state index contributed by atoms with van der Waals surface area (Å²) in [5.41, 5.74) is -0.315. The van der Waals surface area contributed by atoms with Crippen LogP contribution in [0.2, 0.25) is 0 Å². The fourth-order valence-corrected chi connectivity index (χ4v) is 4.60. The van der Waals surface area contributed by atoms with Crippen molar-refractivity contribution in [2.45, 2.75) is 40.2 Å². The van der Waals surface area contributed by atoms with Gasteiger partial charge < -0.3 is 24.6 Å². The van der Waals surface area contributed by atoms with Crippen molar-refractivity contribution in [1.29, 1.82) is 0 Å². The first-order valence-electron chi connectivity index (χ1n) is 13.9. The Bertz CT molecular complexity index is 1480. The SMILES string of the molecule is CCOC(=O)N1CCN(C(=O)[C@H](CC(=O)NS(C)(=O)=O)NC(=O)c2cc(OCC(=O)C(C)(C)C)n(-c3ccccc3)n2)CC1. The second-order valence-electron chi connectivity index (χ2n) is 11.1. The Morgan fingerprint density at radius 2 is 1.61 bits per heavy atom. The number of nitrogens with zero attached hydrogens (tertiary/aromatic N) is 4. The zero-order valence-electron chi connectivity index (χ0n) is 25.4. The third kappa shape index (κ3) is 9.52. The van der Waals surface area contributed by atoms with Gasteiger partial charge in [0.15, 0.2) is 11.5 Å². The Morgan fingerprint density at radius 1 is 1.00 bits per heavy atom. The van der Waals surface area contributed by atoms with Crippen molar-refractivity contribution in [2.75, 3.05) is 45.6 Å². The predicted octanol–water partition coefficient (Wildman–Crippen LogP) is 0.731. The van der Waals surface area contributed by atoms with Crippen LogP contribution in [0.15, 0.2) is 36.4 Å². The van der Waals surface area contributed by atoms with Crippen LogP contribution in [0.1, 0.15) is 44.6 Å². The highest BCUT2D eigenvalue weighted by molar-refractivity contribution is 7.89. The highest BCUT2D eigenvalue weighted by Gasteiger charge is 2.33. The Kier molecular flexibility index (Phi) is 11.1. The number of para-hydroxylation sites is 1. The van der Waals surface area contributed by atoms with Crippen molar-refractivity contribution in [3.63, 3.8) is 0 Å². The molecule has 4 amide bonds. The summed E-state index contributed by atoms with van der Waals surface area (Å²) in [7, 11) is -3.93. The number of aromatic nitrogens is 2. The van der Waals surface area contributed by atoms with E-state index in [1.54, 1.807) is 62.7 Å². The first kappa shape index (κ1) is 34.0. The second kappa shape index (κ2) is 14.3. The summed E-state index contributed by atoms with van der Waals surface area (Å²) in [6.45, 7) is 7.36. The van der Waals surface area contributed by atoms with Crippen molar-refractivity contribution in [1.82, 2.24) is 29.6 Å². The summed E-state index contributed by atoms with van der Waals surface area (Å²) in [6, 6.07) is 8.54. The molecule has 0 aliphatic carbocycles. The molecule has 3 rings (SSSR count). The van der Waals surface area contributed by atoms with Crippen LogP contribution in [0.3, 0.4) is 0 Å². The lowest BCUT2D eigenvalue weighted by Crippen LogP contribution is -2.56. The van der Waals surface area contributed by atoms with Gasteiger partial charge in [0.05, 0.1) is 25.0 Å². The van der Waals surface area contributed by atoms with Gasteiger partial charge in [-0.2, -0.15) is 5.10 Å². The third-order valence-electron chi connectivity index (χ3n) is 6.51. The van der Waals surface area contributed by atoms with Gasteiger partial charge in [0.1, 0.15) is 12.6 Å². The molecule has 44 heavy (non-hydrogen) atoms. The fourth-order valence-electron chi connectivity index (χ4n) is 4.10. The highest BCUT2D eigenvalue weighted by atomic mass is 32.2. The molecule has 1 aromatic heterocycles. The van der Waals surface area contributed by atoms with Crippen molar-refractivity contribution < 1.29 is 41.9 Å². The summed E-state index contributed by atoms with van der Waals surface area (Å²) in [4.78, 5) is 66.8. The van der Waals surface area contributed by atoms with E-state index in [1.807, 2.05) is 0 Å². The molecule has 0 radical (unpaired) electrons. The zero-order valence-corrected chi connectivity index (χ0v) is 26.2. The van der Waals surface area contributed by atoms with Crippen molar-refractivity contribution in [2.24, 2.45) is 5.41 Å². The summed E-state index contributed by atoms with van der Waals surface area (Å²) in [6.07, 6.45) is -0.413. The number of nitrogens with one attached hydrogen (secondary N) is 2. The number of rotatable bonds is 11. The molecule has 0 unspecified atom stereocenters. The van der Waals surface area contributed by atoms with Gasteiger partial charge in [-0.3, -0.25) is 23.9 Å². The number of benzene rings is 1. The molecule has 2 aromatic rings. The van der Waals surface area contributed by atoms with Gasteiger partial charge in [0, 0.05) is 37.7 Å². The smallest absolute Gasteiger partial charge is 0.409 e. The Balaban J connectivity index is 1.85. The van der Waals surface area contributed by atoms with E-state index in [4.69, 9.17) is 9.47 Å². The van der Waals surface area contributed by atoms with E-state index in [9.17, 15) is 32.4 Å². The lowest BCUT2D eigenvalue weighted by atomic mass is 9.91. The van der Waals surface area contributed by atoms with Crippen LogP contribution in [0.4, 0.5) is 4.79 Å². The molecule has 1 fully saturated rings. The molecule has 1 aromatic carbocycles. The molecule has 1 aliphatic heterocycles. The van der Waals surface area contributed by atoms with Crippen LogP contribution >= 0.6 is 0 Å². The standard InChI is InChI=1S/C28H38N6O9S/c1-6-42-27(39)33-14-12-32(13-15-33)26(38)21(16-23(36)31-44(5,40)41)29-25(37)20-17-24(43-18-22(35)28(2,3)4)34(30-20)19-10-8-7-9-11-19/h7-11,17,21H,6,12-16,18H2,1-5H3,(H,29,37)(H,31,36)/t21-/m0/s1. The Hall–Kier alpha value is -4.47. The van der Waals surface area contributed by atoms with E-state index >= 15 is 0 Å². The third-order valence-corrected chi connectivity index (χ3v) is 7.11. The summed E-state index contributed by atoms with van der Waals surface area (Å²) in [5, 5.41) is 6.81. The number of ketones is 1. The lowest BCUT2D eigenvalue weighted by Gasteiger charge is -2.35. The number of sulfonamides is 1. The van der Waals surface area contributed by atoms with Gasteiger partial charge >= 0.3 is 6.09 Å². The average Bonchev–Trinajstić information content (AvgIpc) is 3.39. The molecule has 2 N–H and O–H groups in total. The molecule has 15 nitrogen and oxygen atoms in total. The monoisotopic (exact) mass is 634 g/mol. The minimum atomic E-state index is -3.93. The van der Waals surface area contributed by atoms with Crippen LogP contribution in [-0.4, -0.2) is 109 Å². The van der Waals surface area contributed by atoms with Gasteiger partial charge in [0.2, 0.25) is 27.7 Å². The Labute approximate surface area is 255 Å². The predicted molar refractivity (Wildman–Crippen MR) is 158 cm³/mol. The van der Waals surface area contributed by atoms with Crippen molar-refractivity contribution >= 4 is 39.6 Å². The molecule has 1 saturated heterocycles. The maximum absolute atomic E-state index is 13.5. The van der Waals surface area contributed by atoms with Crippen LogP contribution < -0.4 is 14.8 Å². The molecule has 1 aliphatic rings. The fraction of sp³-hybridized carbons (Fsp3) is 0.500. The van der Waals surface area contributed by atoms with E-state index in [-0.39, 0.29) is 56.7 Å². The van der Waals surface area contributed by atoms with Gasteiger partial charge in [0.25, 0.3) is 5.91 Å². The van der Waals surface area contributed by atoms with Gasteiger partial charge in [-0.25, -0.2) is 17.9 Å². The maximum Gasteiger partial charge on any atom is 0.409 e. The molecule has 0 spiro atoms. The lowest BCUT2D eigenvalue weighted by molar-refractivity contribution is -0.137. The zero-order chi connectivity index (χ0) is 32.7. The quantitative estimate of drug-likeness (QED) is 0.357. The molecule has 240 valence electrons. The maximum atomic E-state index is 13.5. The number of hydrogen-bond acceptors (Lipinski definition) is 10. The van der Waals surface area contributed by atoms with Crippen molar-refractivity contribution in [3.8, 4) is 11.6 Å². The molecular weight excluding hydrogens is 596 g/mol. The molecule has 1 atom stereocenters. The topological polar surface area (TPSA) is 186 Å². The molecule has 16 heteroatoms. The van der Waals surface area contributed by atoms with Gasteiger partial charge in [-0.15, -0.1) is 0 Å². The normalized spacial score (nSPS) is 14.4. The van der Waals surface area contributed by atoms with Gasteiger partial charge in [-0.05, 0) is 19.1 Å². The van der Waals surface area contributed by atoms with Crippen LogP contribution in [0.25, 0.3) is 5.69 Å². The van der Waals surface area contributed by atoms with E-state index < -0.39 is 51.7 Å². The molecular formula is C28H38N6O9S. The Morgan fingerprint density at radius 3 is 2.18 bits per heavy atom. The number of hydrogen-bond donors (Lipinski definition) is 2. The average molecular weight is 635 g/mol. The molecule has 0 bridgehead atoms. The molecule has 2 heterocycles. The van der Waals surface area contributed by atoms with Crippen molar-refractivity contribution in [3.05, 3.63) is 42.1 Å². The van der Waals surface area contributed by atoms with E-state index in [0.29, 0.717) is 5.69 Å². The largest absolute Gasteiger partial charge is 0.470 e. The summed E-state index contributed by atoms with van der Waals surface area (Å²) in [5.74, 6) is -2.60. The van der Waals surface area contributed by atoms with Crippen LogP contribution in [-0.2, 0) is 29.1 Å². The first-order valence-corrected chi connectivity index (χ1v) is 15.8. The van der Waals surface area contributed by atoms with E-state index in [0.717, 1.165) is 6.26 Å². The highest BCUT2D eigenvalue weighted by Crippen LogP contribution is 2.22. The van der Waals surface area contributed by atoms with Crippen LogP contribution in [0, 0.1) is 5.41 Å².